The summed E-state index contributed by atoms with van der Waals surface area (Å²) in [4.78, 5) is 27.1. The topological polar surface area (TPSA) is 99.2 Å². The number of likely N-dealkylation sites (tertiary alicyclic amines) is 1. The zero-order valence-corrected chi connectivity index (χ0v) is 23.3. The molecule has 202 valence electrons. The SMILES string of the molecule is CCOC(=O)C1(CS(=O)(=O)c2ccc(Oc3ccc(C)c(C)c3)cc2)CCN(C(=O)OC(C)(C)C)CC1. The molecule has 1 aliphatic heterocycles. The summed E-state index contributed by atoms with van der Waals surface area (Å²) in [6.45, 7) is 11.6. The van der Waals surface area contributed by atoms with E-state index in [1.165, 1.54) is 17.0 Å². The van der Waals surface area contributed by atoms with Crippen LogP contribution in [0.4, 0.5) is 4.79 Å². The van der Waals surface area contributed by atoms with E-state index in [1.807, 2.05) is 32.0 Å². The van der Waals surface area contributed by atoms with E-state index >= 15 is 0 Å². The van der Waals surface area contributed by atoms with E-state index in [4.69, 9.17) is 14.2 Å². The van der Waals surface area contributed by atoms with Crippen LogP contribution < -0.4 is 4.74 Å². The summed E-state index contributed by atoms with van der Waals surface area (Å²) in [7, 11) is -3.84. The summed E-state index contributed by atoms with van der Waals surface area (Å²) in [6.07, 6.45) is -0.150. The molecule has 0 radical (unpaired) electrons. The number of rotatable bonds is 7. The fourth-order valence-electron chi connectivity index (χ4n) is 4.21. The van der Waals surface area contributed by atoms with E-state index in [0.717, 1.165) is 11.1 Å². The fraction of sp³-hybridized carbons (Fsp3) is 0.500. The Morgan fingerprint density at radius 1 is 0.946 bits per heavy atom. The van der Waals surface area contributed by atoms with Gasteiger partial charge in [-0.05, 0) is 102 Å². The van der Waals surface area contributed by atoms with E-state index in [9.17, 15) is 18.0 Å². The standard InChI is InChI=1S/C28H37NO7S/c1-7-34-25(30)28(14-16-29(17-15-28)26(31)36-27(4,5)6)19-37(32,33)24-12-10-22(11-13-24)35-23-9-8-20(2)21(3)18-23/h8-13,18H,7,14-17,19H2,1-6H3. The molecule has 1 heterocycles. The number of ether oxygens (including phenoxy) is 3. The van der Waals surface area contributed by atoms with Gasteiger partial charge in [-0.1, -0.05) is 6.07 Å². The van der Waals surface area contributed by atoms with Crippen LogP contribution in [0.5, 0.6) is 11.5 Å². The average molecular weight is 532 g/mol. The molecule has 0 saturated carbocycles. The number of benzene rings is 2. The first-order chi connectivity index (χ1) is 17.2. The Morgan fingerprint density at radius 2 is 1.54 bits per heavy atom. The van der Waals surface area contributed by atoms with Crippen molar-refractivity contribution in [3.8, 4) is 11.5 Å². The molecule has 0 atom stereocenters. The van der Waals surface area contributed by atoms with Crippen molar-refractivity contribution in [1.82, 2.24) is 4.90 Å². The van der Waals surface area contributed by atoms with Gasteiger partial charge in [0.15, 0.2) is 9.84 Å². The largest absolute Gasteiger partial charge is 0.466 e. The van der Waals surface area contributed by atoms with Gasteiger partial charge < -0.3 is 19.1 Å². The lowest BCUT2D eigenvalue weighted by molar-refractivity contribution is -0.156. The second-order valence-corrected chi connectivity index (χ2v) is 12.5. The Balaban J connectivity index is 1.76. The van der Waals surface area contributed by atoms with Crippen LogP contribution in [0.15, 0.2) is 47.4 Å². The third kappa shape index (κ3) is 7.25. The summed E-state index contributed by atoms with van der Waals surface area (Å²) in [5, 5.41) is 0. The summed E-state index contributed by atoms with van der Waals surface area (Å²) < 4.78 is 43.4. The summed E-state index contributed by atoms with van der Waals surface area (Å²) in [5.41, 5.74) is 0.353. The number of carbonyl (C=O) groups excluding carboxylic acids is 2. The molecule has 1 aliphatic rings. The number of sulfone groups is 1. The molecule has 8 nitrogen and oxygen atoms in total. The van der Waals surface area contributed by atoms with Gasteiger partial charge in [0.2, 0.25) is 0 Å². The Morgan fingerprint density at radius 3 is 2.08 bits per heavy atom. The Hall–Kier alpha value is -3.07. The summed E-state index contributed by atoms with van der Waals surface area (Å²) in [5.74, 6) is 0.208. The highest BCUT2D eigenvalue weighted by Crippen LogP contribution is 2.37. The molecule has 37 heavy (non-hydrogen) atoms. The monoisotopic (exact) mass is 531 g/mol. The summed E-state index contributed by atoms with van der Waals surface area (Å²) in [6, 6.07) is 11.9. The molecule has 3 rings (SSSR count). The van der Waals surface area contributed by atoms with Gasteiger partial charge in [-0.3, -0.25) is 4.79 Å². The lowest BCUT2D eigenvalue weighted by Crippen LogP contribution is -2.51. The molecule has 0 bridgehead atoms. The van der Waals surface area contributed by atoms with Crippen molar-refractivity contribution in [2.75, 3.05) is 25.4 Å². The van der Waals surface area contributed by atoms with E-state index in [2.05, 4.69) is 0 Å². The number of amides is 1. The molecular formula is C28H37NO7S. The third-order valence-electron chi connectivity index (χ3n) is 6.44. The van der Waals surface area contributed by atoms with Crippen LogP contribution in [-0.2, 0) is 24.1 Å². The molecule has 2 aromatic carbocycles. The van der Waals surface area contributed by atoms with Gasteiger partial charge in [-0.15, -0.1) is 0 Å². The van der Waals surface area contributed by atoms with Crippen molar-refractivity contribution in [2.24, 2.45) is 5.41 Å². The van der Waals surface area contributed by atoms with Crippen LogP contribution in [0.3, 0.4) is 0 Å². The normalized spacial score (nSPS) is 15.7. The molecule has 0 aromatic heterocycles. The minimum atomic E-state index is -3.84. The number of piperidine rings is 1. The highest BCUT2D eigenvalue weighted by molar-refractivity contribution is 7.91. The van der Waals surface area contributed by atoms with Crippen LogP contribution in [0.25, 0.3) is 0 Å². The highest BCUT2D eigenvalue weighted by Gasteiger charge is 2.47. The van der Waals surface area contributed by atoms with Crippen LogP contribution in [0.2, 0.25) is 0 Å². The maximum atomic E-state index is 13.4. The van der Waals surface area contributed by atoms with Crippen LogP contribution in [0.1, 0.15) is 51.7 Å². The Bertz CT molecular complexity index is 1220. The van der Waals surface area contributed by atoms with Gasteiger partial charge in [0.05, 0.1) is 22.7 Å². The Kier molecular flexibility index (Phi) is 8.57. The molecule has 1 saturated heterocycles. The van der Waals surface area contributed by atoms with Crippen LogP contribution in [0, 0.1) is 19.3 Å². The van der Waals surface area contributed by atoms with Crippen molar-refractivity contribution < 1.29 is 32.2 Å². The molecule has 1 amide bonds. The molecule has 0 aliphatic carbocycles. The maximum absolute atomic E-state index is 13.4. The second-order valence-electron chi connectivity index (χ2n) is 10.5. The lowest BCUT2D eigenvalue weighted by atomic mass is 9.80. The molecule has 2 aromatic rings. The number of hydrogen-bond acceptors (Lipinski definition) is 7. The second kappa shape index (κ2) is 11.1. The number of nitrogens with zero attached hydrogens (tertiary/aromatic N) is 1. The predicted molar refractivity (Wildman–Crippen MR) is 141 cm³/mol. The average Bonchev–Trinajstić information content (AvgIpc) is 2.81. The molecule has 0 N–H and O–H groups in total. The quantitative estimate of drug-likeness (QED) is 0.438. The number of hydrogen-bond donors (Lipinski definition) is 0. The van der Waals surface area contributed by atoms with Gasteiger partial charge in [0.1, 0.15) is 17.1 Å². The fourth-order valence-corrected chi connectivity index (χ4v) is 6.06. The van der Waals surface area contributed by atoms with E-state index in [1.54, 1.807) is 39.8 Å². The first-order valence-corrected chi connectivity index (χ1v) is 14.1. The van der Waals surface area contributed by atoms with E-state index in [-0.39, 0.29) is 37.4 Å². The number of esters is 1. The molecule has 9 heteroatoms. The zero-order chi connectivity index (χ0) is 27.4. The molecular weight excluding hydrogens is 494 g/mol. The Labute approximate surface area is 219 Å². The minimum absolute atomic E-state index is 0.0955. The van der Waals surface area contributed by atoms with Crippen molar-refractivity contribution >= 4 is 21.9 Å². The third-order valence-corrected chi connectivity index (χ3v) is 8.37. The first kappa shape index (κ1) is 28.5. The van der Waals surface area contributed by atoms with Crippen molar-refractivity contribution in [1.29, 1.82) is 0 Å². The first-order valence-electron chi connectivity index (χ1n) is 12.5. The van der Waals surface area contributed by atoms with E-state index < -0.39 is 38.7 Å². The number of aryl methyl sites for hydroxylation is 2. The lowest BCUT2D eigenvalue weighted by Gasteiger charge is -2.39. The van der Waals surface area contributed by atoms with Gasteiger partial charge >= 0.3 is 12.1 Å². The molecule has 0 unspecified atom stereocenters. The van der Waals surface area contributed by atoms with Crippen molar-refractivity contribution in [3.63, 3.8) is 0 Å². The zero-order valence-electron chi connectivity index (χ0n) is 22.5. The molecule has 0 spiro atoms. The molecule has 1 fully saturated rings. The predicted octanol–water partition coefficient (Wildman–Crippen LogP) is 5.45. The van der Waals surface area contributed by atoms with Gasteiger partial charge in [0, 0.05) is 13.1 Å². The highest BCUT2D eigenvalue weighted by atomic mass is 32.2. The van der Waals surface area contributed by atoms with E-state index in [0.29, 0.717) is 11.5 Å². The smallest absolute Gasteiger partial charge is 0.410 e. The number of carbonyl (C=O) groups is 2. The van der Waals surface area contributed by atoms with Crippen LogP contribution >= 0.6 is 0 Å². The van der Waals surface area contributed by atoms with Gasteiger partial charge in [-0.2, -0.15) is 0 Å². The minimum Gasteiger partial charge on any atom is -0.466 e. The van der Waals surface area contributed by atoms with Crippen molar-refractivity contribution in [3.05, 3.63) is 53.6 Å². The van der Waals surface area contributed by atoms with Crippen molar-refractivity contribution in [2.45, 2.75) is 64.9 Å². The maximum Gasteiger partial charge on any atom is 0.410 e. The van der Waals surface area contributed by atoms with Gasteiger partial charge in [-0.25, -0.2) is 13.2 Å². The van der Waals surface area contributed by atoms with Gasteiger partial charge in [0.25, 0.3) is 0 Å². The van der Waals surface area contributed by atoms with Crippen LogP contribution in [-0.4, -0.2) is 56.4 Å². The summed E-state index contributed by atoms with van der Waals surface area (Å²) >= 11 is 0.